The van der Waals surface area contributed by atoms with E-state index < -0.39 is 9.84 Å². The normalized spacial score (nSPS) is 11.8. The van der Waals surface area contributed by atoms with E-state index in [1.54, 1.807) is 36.4 Å². The van der Waals surface area contributed by atoms with Crippen molar-refractivity contribution in [1.82, 2.24) is 0 Å². The minimum atomic E-state index is -3.89. The highest BCUT2D eigenvalue weighted by atomic mass is 32.2. The van der Waals surface area contributed by atoms with E-state index >= 15 is 0 Å². The molecule has 2 rings (SSSR count). The van der Waals surface area contributed by atoms with Crippen LogP contribution in [-0.4, -0.2) is 18.6 Å². The SMILES string of the molecule is CCCCCCCCCCCCc1c(O)cccc1S(=O)(=O)c1cccc(O)c1CCCCCCCCCCCC. The molecule has 0 aliphatic carbocycles. The topological polar surface area (TPSA) is 74.6 Å². The molecular formula is C36H58O4S. The zero-order valence-electron chi connectivity index (χ0n) is 26.1. The lowest BCUT2D eigenvalue weighted by Gasteiger charge is -2.16. The van der Waals surface area contributed by atoms with E-state index in [9.17, 15) is 18.6 Å². The largest absolute Gasteiger partial charge is 0.508 e. The first-order chi connectivity index (χ1) is 19.9. The predicted octanol–water partition coefficient (Wildman–Crippen LogP) is 10.9. The molecule has 0 saturated heterocycles. The highest BCUT2D eigenvalue weighted by molar-refractivity contribution is 7.91. The Kier molecular flexibility index (Phi) is 17.9. The van der Waals surface area contributed by atoms with Crippen molar-refractivity contribution >= 4 is 9.84 Å². The first kappa shape index (κ1) is 35.2. The molecule has 0 amide bonds. The first-order valence-electron chi connectivity index (χ1n) is 16.8. The van der Waals surface area contributed by atoms with Crippen LogP contribution in [0.5, 0.6) is 11.5 Å². The first-order valence-corrected chi connectivity index (χ1v) is 18.3. The molecule has 232 valence electrons. The molecule has 2 N–H and O–H groups in total. The number of rotatable bonds is 24. The second-order valence-corrected chi connectivity index (χ2v) is 13.8. The number of benzene rings is 2. The number of hydrogen-bond donors (Lipinski definition) is 2. The summed E-state index contributed by atoms with van der Waals surface area (Å²) in [5.74, 6) is 0.0804. The summed E-state index contributed by atoms with van der Waals surface area (Å²) in [6.45, 7) is 4.48. The number of sulfone groups is 1. The van der Waals surface area contributed by atoms with Crippen molar-refractivity contribution in [3.63, 3.8) is 0 Å². The van der Waals surface area contributed by atoms with Gasteiger partial charge in [0.2, 0.25) is 9.84 Å². The predicted molar refractivity (Wildman–Crippen MR) is 173 cm³/mol. The van der Waals surface area contributed by atoms with Gasteiger partial charge in [0.05, 0.1) is 9.79 Å². The molecule has 41 heavy (non-hydrogen) atoms. The molecular weight excluding hydrogens is 528 g/mol. The van der Waals surface area contributed by atoms with Gasteiger partial charge in [-0.2, -0.15) is 0 Å². The average molecular weight is 587 g/mol. The molecule has 0 heterocycles. The van der Waals surface area contributed by atoms with Crippen LogP contribution in [0.4, 0.5) is 0 Å². The molecule has 0 bridgehead atoms. The van der Waals surface area contributed by atoms with Crippen molar-refractivity contribution in [2.75, 3.05) is 0 Å². The van der Waals surface area contributed by atoms with Gasteiger partial charge in [-0.05, 0) is 49.9 Å². The molecule has 0 aromatic heterocycles. The average Bonchev–Trinajstić information content (AvgIpc) is 2.96. The van der Waals surface area contributed by atoms with Crippen molar-refractivity contribution in [2.24, 2.45) is 0 Å². The molecule has 0 saturated carbocycles. The second kappa shape index (κ2) is 20.8. The van der Waals surface area contributed by atoms with E-state index in [1.165, 1.54) is 89.9 Å². The zero-order chi connectivity index (χ0) is 29.8. The summed E-state index contributed by atoms with van der Waals surface area (Å²) in [4.78, 5) is 0.340. The highest BCUT2D eigenvalue weighted by Crippen LogP contribution is 2.35. The van der Waals surface area contributed by atoms with E-state index in [0.29, 0.717) is 24.0 Å². The molecule has 0 spiro atoms. The van der Waals surface area contributed by atoms with Gasteiger partial charge in [-0.15, -0.1) is 0 Å². The molecule has 0 radical (unpaired) electrons. The van der Waals surface area contributed by atoms with Gasteiger partial charge in [-0.1, -0.05) is 142 Å². The van der Waals surface area contributed by atoms with E-state index in [2.05, 4.69) is 13.8 Å². The lowest BCUT2D eigenvalue weighted by molar-refractivity contribution is 0.461. The lowest BCUT2D eigenvalue weighted by atomic mass is 10.0. The van der Waals surface area contributed by atoms with Crippen LogP contribution >= 0.6 is 0 Å². The van der Waals surface area contributed by atoms with Crippen molar-refractivity contribution in [1.29, 1.82) is 0 Å². The Morgan fingerprint density at radius 3 is 1.07 bits per heavy atom. The molecule has 4 nitrogen and oxygen atoms in total. The fourth-order valence-electron chi connectivity index (χ4n) is 5.81. The van der Waals surface area contributed by atoms with Gasteiger partial charge >= 0.3 is 0 Å². The number of aromatic hydroxyl groups is 2. The number of unbranched alkanes of at least 4 members (excludes halogenated alkanes) is 18. The molecule has 5 heteroatoms. The minimum absolute atomic E-state index is 0.0402. The Bertz CT molecular complexity index is 997. The van der Waals surface area contributed by atoms with Crippen LogP contribution in [0, 0.1) is 0 Å². The van der Waals surface area contributed by atoms with Crippen LogP contribution in [0.2, 0.25) is 0 Å². The Labute approximate surface area is 251 Å². The fraction of sp³-hybridized carbons (Fsp3) is 0.667. The van der Waals surface area contributed by atoms with Crippen molar-refractivity contribution in [2.45, 2.75) is 165 Å². The standard InChI is InChI=1S/C36H58O4S/c1-3-5-7-9-11-13-15-17-19-21-25-31-33(37)27-23-29-35(31)41(39,40)36-30-24-28-34(38)32(36)26-22-20-18-16-14-12-10-8-6-4-2/h23-24,27-30,37-38H,3-22,25-26H2,1-2H3. The summed E-state index contributed by atoms with van der Waals surface area (Å²) in [5.41, 5.74) is 1.00. The molecule has 0 fully saturated rings. The molecule has 2 aromatic rings. The number of phenols is 2. The van der Waals surface area contributed by atoms with Crippen molar-refractivity contribution < 1.29 is 18.6 Å². The summed E-state index contributed by atoms with van der Waals surface area (Å²) < 4.78 is 27.8. The summed E-state index contributed by atoms with van der Waals surface area (Å²) in [7, 11) is -3.89. The van der Waals surface area contributed by atoms with E-state index in [4.69, 9.17) is 0 Å². The molecule has 0 unspecified atom stereocenters. The number of phenolic OH excluding ortho intramolecular Hbond substituents is 2. The van der Waals surface area contributed by atoms with Gasteiger partial charge in [0.25, 0.3) is 0 Å². The Morgan fingerprint density at radius 1 is 0.463 bits per heavy atom. The quantitative estimate of drug-likeness (QED) is 0.120. The Morgan fingerprint density at radius 2 is 0.756 bits per heavy atom. The van der Waals surface area contributed by atoms with Crippen LogP contribution in [0.15, 0.2) is 46.2 Å². The van der Waals surface area contributed by atoms with Gasteiger partial charge in [0, 0.05) is 11.1 Å². The zero-order valence-corrected chi connectivity index (χ0v) is 27.0. The van der Waals surface area contributed by atoms with Gasteiger partial charge in [0.15, 0.2) is 0 Å². The second-order valence-electron chi connectivity index (χ2n) is 11.9. The summed E-state index contributed by atoms with van der Waals surface area (Å²) in [5, 5.41) is 21.3. The van der Waals surface area contributed by atoms with Crippen molar-refractivity contribution in [3.05, 3.63) is 47.5 Å². The third-order valence-electron chi connectivity index (χ3n) is 8.36. The number of hydrogen-bond acceptors (Lipinski definition) is 4. The van der Waals surface area contributed by atoms with Gasteiger partial charge < -0.3 is 10.2 Å². The maximum absolute atomic E-state index is 13.9. The molecule has 2 aromatic carbocycles. The van der Waals surface area contributed by atoms with E-state index in [-0.39, 0.29) is 21.3 Å². The maximum Gasteiger partial charge on any atom is 0.207 e. The van der Waals surface area contributed by atoms with Crippen LogP contribution in [0.3, 0.4) is 0 Å². The fourth-order valence-corrected chi connectivity index (χ4v) is 7.63. The molecule has 0 aliphatic heterocycles. The van der Waals surface area contributed by atoms with E-state index in [1.807, 2.05) is 0 Å². The smallest absolute Gasteiger partial charge is 0.207 e. The van der Waals surface area contributed by atoms with Gasteiger partial charge in [-0.25, -0.2) is 8.42 Å². The third kappa shape index (κ3) is 12.8. The minimum Gasteiger partial charge on any atom is -0.508 e. The Hall–Kier alpha value is -2.01. The summed E-state index contributed by atoms with van der Waals surface area (Å²) in [6.07, 6.45) is 25.2. The van der Waals surface area contributed by atoms with Crippen LogP contribution in [0.1, 0.15) is 153 Å². The summed E-state index contributed by atoms with van der Waals surface area (Å²) >= 11 is 0. The Balaban J connectivity index is 1.94. The van der Waals surface area contributed by atoms with Crippen LogP contribution in [-0.2, 0) is 22.7 Å². The van der Waals surface area contributed by atoms with E-state index in [0.717, 1.165) is 38.5 Å². The van der Waals surface area contributed by atoms with Crippen molar-refractivity contribution in [3.8, 4) is 11.5 Å². The summed E-state index contributed by atoms with van der Waals surface area (Å²) in [6, 6.07) is 9.59. The monoisotopic (exact) mass is 586 g/mol. The van der Waals surface area contributed by atoms with Crippen LogP contribution in [0.25, 0.3) is 0 Å². The maximum atomic E-state index is 13.9. The van der Waals surface area contributed by atoms with Gasteiger partial charge in [0.1, 0.15) is 11.5 Å². The van der Waals surface area contributed by atoms with Gasteiger partial charge in [-0.3, -0.25) is 0 Å². The highest BCUT2D eigenvalue weighted by Gasteiger charge is 2.26. The van der Waals surface area contributed by atoms with Crippen LogP contribution < -0.4 is 0 Å². The molecule has 0 aliphatic rings. The lowest BCUT2D eigenvalue weighted by Crippen LogP contribution is -2.09. The third-order valence-corrected chi connectivity index (χ3v) is 10.3. The molecule has 0 atom stereocenters.